The highest BCUT2D eigenvalue weighted by molar-refractivity contribution is 5.53. The molecular formula is C16H26N2. The van der Waals surface area contributed by atoms with Gasteiger partial charge in [0.05, 0.1) is 0 Å². The van der Waals surface area contributed by atoms with Crippen molar-refractivity contribution >= 4 is 5.69 Å². The van der Waals surface area contributed by atoms with Gasteiger partial charge in [0, 0.05) is 24.3 Å². The number of hydrogen-bond acceptors (Lipinski definition) is 2. The zero-order chi connectivity index (χ0) is 13.2. The van der Waals surface area contributed by atoms with Gasteiger partial charge in [-0.1, -0.05) is 13.0 Å². The number of rotatable bonds is 4. The van der Waals surface area contributed by atoms with Gasteiger partial charge in [-0.25, -0.2) is 0 Å². The Balaban J connectivity index is 2.18. The number of nitrogens with one attached hydrogen (secondary N) is 1. The molecule has 1 N–H and O–H groups in total. The van der Waals surface area contributed by atoms with E-state index in [1.807, 2.05) is 0 Å². The van der Waals surface area contributed by atoms with Crippen LogP contribution < -0.4 is 10.2 Å². The van der Waals surface area contributed by atoms with Crippen LogP contribution in [0.2, 0.25) is 0 Å². The van der Waals surface area contributed by atoms with Crippen molar-refractivity contribution in [3.63, 3.8) is 0 Å². The van der Waals surface area contributed by atoms with Crippen LogP contribution in [0.5, 0.6) is 0 Å². The fourth-order valence-electron chi connectivity index (χ4n) is 2.89. The molecule has 0 unspecified atom stereocenters. The Kier molecular flexibility index (Phi) is 3.96. The number of anilines is 1. The van der Waals surface area contributed by atoms with Crippen molar-refractivity contribution in [3.8, 4) is 0 Å². The second-order valence-corrected chi connectivity index (χ2v) is 5.96. The zero-order valence-electron chi connectivity index (χ0n) is 12.2. The molecule has 2 heteroatoms. The lowest BCUT2D eigenvalue weighted by Crippen LogP contribution is -2.38. The summed E-state index contributed by atoms with van der Waals surface area (Å²) in [4.78, 5) is 2.55. The molecular weight excluding hydrogens is 220 g/mol. The molecule has 0 spiro atoms. The summed E-state index contributed by atoms with van der Waals surface area (Å²) in [6.45, 7) is 12.3. The summed E-state index contributed by atoms with van der Waals surface area (Å²) in [7, 11) is 0. The molecule has 2 rings (SSSR count). The van der Waals surface area contributed by atoms with E-state index in [-0.39, 0.29) is 0 Å². The third kappa shape index (κ3) is 2.69. The first kappa shape index (κ1) is 13.4. The topological polar surface area (TPSA) is 15.3 Å². The third-order valence-electron chi connectivity index (χ3n) is 4.10. The van der Waals surface area contributed by atoms with Crippen LogP contribution in [0.15, 0.2) is 18.2 Å². The predicted octanol–water partition coefficient (Wildman–Crippen LogP) is 3.48. The smallest absolute Gasteiger partial charge is 0.0373 e. The summed E-state index contributed by atoms with van der Waals surface area (Å²) < 4.78 is 0. The van der Waals surface area contributed by atoms with Gasteiger partial charge in [-0.05, 0) is 63.4 Å². The first-order valence-electron chi connectivity index (χ1n) is 7.12. The van der Waals surface area contributed by atoms with Crippen molar-refractivity contribution in [3.05, 3.63) is 29.3 Å². The molecule has 1 aromatic carbocycles. The second-order valence-electron chi connectivity index (χ2n) is 5.96. The first-order valence-corrected chi connectivity index (χ1v) is 7.12. The van der Waals surface area contributed by atoms with Crippen LogP contribution in [0, 0.1) is 6.92 Å². The van der Waals surface area contributed by atoms with Crippen LogP contribution in [0.1, 0.15) is 44.7 Å². The molecule has 0 aliphatic carbocycles. The molecule has 1 heterocycles. The summed E-state index contributed by atoms with van der Waals surface area (Å²) >= 11 is 0. The van der Waals surface area contributed by atoms with Gasteiger partial charge in [-0.2, -0.15) is 0 Å². The number of hydrogen-bond donors (Lipinski definition) is 1. The molecule has 0 atom stereocenters. The number of nitrogens with zero attached hydrogens (tertiary/aromatic N) is 1. The van der Waals surface area contributed by atoms with Gasteiger partial charge in [0.15, 0.2) is 0 Å². The van der Waals surface area contributed by atoms with Gasteiger partial charge >= 0.3 is 0 Å². The van der Waals surface area contributed by atoms with Gasteiger partial charge in [0.1, 0.15) is 0 Å². The molecule has 1 aliphatic heterocycles. The molecule has 18 heavy (non-hydrogen) atoms. The second kappa shape index (κ2) is 5.31. The van der Waals surface area contributed by atoms with E-state index < -0.39 is 0 Å². The van der Waals surface area contributed by atoms with E-state index in [2.05, 4.69) is 56.1 Å². The first-order chi connectivity index (χ1) is 8.54. The van der Waals surface area contributed by atoms with Crippen molar-refractivity contribution in [2.24, 2.45) is 0 Å². The average Bonchev–Trinajstić information content (AvgIpc) is 2.67. The Hall–Kier alpha value is -1.02. The van der Waals surface area contributed by atoms with Crippen LogP contribution in [0.25, 0.3) is 0 Å². The number of aryl methyl sites for hydroxylation is 1. The van der Waals surface area contributed by atoms with Crippen LogP contribution in [0.4, 0.5) is 5.69 Å². The normalized spacial score (nSPS) is 18.3. The summed E-state index contributed by atoms with van der Waals surface area (Å²) in [6, 6.07) is 6.91. The van der Waals surface area contributed by atoms with E-state index in [0.717, 1.165) is 13.1 Å². The highest BCUT2D eigenvalue weighted by atomic mass is 15.2. The standard InChI is InChI=1S/C16H26N2/c1-5-17-12-14-7-8-15(11-13(14)2)18-10-6-9-16(18,3)4/h7-8,11,17H,5-6,9-10,12H2,1-4H3. The maximum atomic E-state index is 3.40. The summed E-state index contributed by atoms with van der Waals surface area (Å²) in [5.74, 6) is 0. The molecule has 0 amide bonds. The third-order valence-corrected chi connectivity index (χ3v) is 4.10. The number of benzene rings is 1. The van der Waals surface area contributed by atoms with Gasteiger partial charge in [0.25, 0.3) is 0 Å². The quantitative estimate of drug-likeness (QED) is 0.875. The monoisotopic (exact) mass is 246 g/mol. The van der Waals surface area contributed by atoms with Crippen molar-refractivity contribution in [1.29, 1.82) is 0 Å². The molecule has 0 aromatic heterocycles. The Morgan fingerprint density at radius 3 is 2.67 bits per heavy atom. The molecule has 1 saturated heterocycles. The Morgan fingerprint density at radius 2 is 2.11 bits per heavy atom. The van der Waals surface area contributed by atoms with E-state index >= 15 is 0 Å². The molecule has 1 aromatic rings. The van der Waals surface area contributed by atoms with Gasteiger partial charge in [-0.15, -0.1) is 0 Å². The van der Waals surface area contributed by atoms with Crippen LogP contribution in [-0.2, 0) is 6.54 Å². The highest BCUT2D eigenvalue weighted by Crippen LogP contribution is 2.34. The summed E-state index contributed by atoms with van der Waals surface area (Å²) in [6.07, 6.45) is 2.61. The zero-order valence-corrected chi connectivity index (χ0v) is 12.2. The van der Waals surface area contributed by atoms with E-state index in [0.29, 0.717) is 5.54 Å². The molecule has 100 valence electrons. The van der Waals surface area contributed by atoms with Gasteiger partial charge in [0.2, 0.25) is 0 Å². The lowest BCUT2D eigenvalue weighted by molar-refractivity contribution is 0.518. The Labute approximate surface area is 111 Å². The molecule has 0 saturated carbocycles. The molecule has 0 radical (unpaired) electrons. The fraction of sp³-hybridized carbons (Fsp3) is 0.625. The van der Waals surface area contributed by atoms with Gasteiger partial charge in [-0.3, -0.25) is 0 Å². The largest absolute Gasteiger partial charge is 0.366 e. The van der Waals surface area contributed by atoms with E-state index in [1.54, 1.807) is 0 Å². The maximum absolute atomic E-state index is 3.40. The molecule has 1 aliphatic rings. The van der Waals surface area contributed by atoms with Gasteiger partial charge < -0.3 is 10.2 Å². The molecule has 2 nitrogen and oxygen atoms in total. The van der Waals surface area contributed by atoms with Crippen molar-refractivity contribution < 1.29 is 0 Å². The van der Waals surface area contributed by atoms with Crippen LogP contribution >= 0.6 is 0 Å². The molecule has 1 fully saturated rings. The average molecular weight is 246 g/mol. The summed E-state index contributed by atoms with van der Waals surface area (Å²) in [5.41, 5.74) is 4.51. The van der Waals surface area contributed by atoms with Crippen molar-refractivity contribution in [1.82, 2.24) is 5.32 Å². The lowest BCUT2D eigenvalue weighted by atomic mass is 10.0. The summed E-state index contributed by atoms with van der Waals surface area (Å²) in [5, 5.41) is 3.40. The van der Waals surface area contributed by atoms with Crippen molar-refractivity contribution in [2.45, 2.75) is 52.6 Å². The minimum Gasteiger partial charge on any atom is -0.366 e. The molecule has 0 bridgehead atoms. The van der Waals surface area contributed by atoms with E-state index in [4.69, 9.17) is 0 Å². The Morgan fingerprint density at radius 1 is 1.33 bits per heavy atom. The van der Waals surface area contributed by atoms with Crippen molar-refractivity contribution in [2.75, 3.05) is 18.0 Å². The lowest BCUT2D eigenvalue weighted by Gasteiger charge is -2.34. The minimum absolute atomic E-state index is 0.315. The van der Waals surface area contributed by atoms with Crippen LogP contribution in [-0.4, -0.2) is 18.6 Å². The van der Waals surface area contributed by atoms with Crippen LogP contribution in [0.3, 0.4) is 0 Å². The Bertz CT molecular complexity index is 410. The minimum atomic E-state index is 0.315. The predicted molar refractivity (Wildman–Crippen MR) is 79.2 cm³/mol. The van der Waals surface area contributed by atoms with E-state index in [9.17, 15) is 0 Å². The highest BCUT2D eigenvalue weighted by Gasteiger charge is 2.31. The SMILES string of the molecule is CCNCc1ccc(N2CCCC2(C)C)cc1C. The van der Waals surface area contributed by atoms with E-state index in [1.165, 1.54) is 36.2 Å². The maximum Gasteiger partial charge on any atom is 0.0373 e. The fourth-order valence-corrected chi connectivity index (χ4v) is 2.89.